The van der Waals surface area contributed by atoms with Crippen LogP contribution in [0.1, 0.15) is 24.0 Å². The molecule has 5 nitrogen and oxygen atoms in total. The highest BCUT2D eigenvalue weighted by Gasteiger charge is 2.25. The van der Waals surface area contributed by atoms with Gasteiger partial charge >= 0.3 is 0 Å². The molecule has 1 fully saturated rings. The van der Waals surface area contributed by atoms with Crippen LogP contribution in [0, 0.1) is 19.8 Å². The van der Waals surface area contributed by atoms with Crippen LogP contribution in [0.25, 0.3) is 11.3 Å². The van der Waals surface area contributed by atoms with Crippen LogP contribution < -0.4 is 10.2 Å². The van der Waals surface area contributed by atoms with Crippen molar-refractivity contribution in [1.29, 1.82) is 0 Å². The standard InChI is InChI=1S/C24H26N4O/c1-17-6-8-21(9-7-17)25-24(29)19-12-14-28(15-13-19)23-11-10-22(26-27-23)20-5-3-4-18(2)16-20/h3-11,16,19H,12-15H2,1-2H3,(H,25,29). The first-order valence-corrected chi connectivity index (χ1v) is 10.1. The number of hydrogen-bond donors (Lipinski definition) is 1. The van der Waals surface area contributed by atoms with Crippen molar-refractivity contribution in [3.8, 4) is 11.3 Å². The number of nitrogens with one attached hydrogen (secondary N) is 1. The fourth-order valence-corrected chi connectivity index (χ4v) is 3.70. The SMILES string of the molecule is Cc1ccc(NC(=O)C2CCN(c3ccc(-c4cccc(C)c4)nn3)CC2)cc1. The van der Waals surface area contributed by atoms with Gasteiger partial charge in [-0.2, -0.15) is 0 Å². The van der Waals surface area contributed by atoms with Gasteiger partial charge in [-0.15, -0.1) is 10.2 Å². The zero-order valence-electron chi connectivity index (χ0n) is 16.9. The molecule has 2 heterocycles. The van der Waals surface area contributed by atoms with Gasteiger partial charge in [0.2, 0.25) is 5.91 Å². The number of anilines is 2. The predicted octanol–water partition coefficient (Wildman–Crippen LogP) is 4.62. The Morgan fingerprint density at radius 3 is 2.34 bits per heavy atom. The summed E-state index contributed by atoms with van der Waals surface area (Å²) in [6.45, 7) is 5.73. The van der Waals surface area contributed by atoms with Crippen LogP contribution in [0.15, 0.2) is 60.7 Å². The molecule has 0 unspecified atom stereocenters. The van der Waals surface area contributed by atoms with Crippen molar-refractivity contribution in [3.63, 3.8) is 0 Å². The third kappa shape index (κ3) is 4.62. The zero-order valence-corrected chi connectivity index (χ0v) is 16.9. The Bertz CT molecular complexity index is 975. The van der Waals surface area contributed by atoms with E-state index in [1.54, 1.807) is 0 Å². The number of rotatable bonds is 4. The van der Waals surface area contributed by atoms with Crippen molar-refractivity contribution in [2.75, 3.05) is 23.3 Å². The van der Waals surface area contributed by atoms with Gasteiger partial charge in [-0.25, -0.2) is 0 Å². The van der Waals surface area contributed by atoms with Gasteiger partial charge in [-0.1, -0.05) is 41.5 Å². The lowest BCUT2D eigenvalue weighted by Crippen LogP contribution is -2.38. The Hall–Kier alpha value is -3.21. The van der Waals surface area contributed by atoms with Gasteiger partial charge in [0.05, 0.1) is 5.69 Å². The third-order valence-electron chi connectivity index (χ3n) is 5.47. The van der Waals surface area contributed by atoms with Crippen molar-refractivity contribution in [2.45, 2.75) is 26.7 Å². The largest absolute Gasteiger partial charge is 0.355 e. The lowest BCUT2D eigenvalue weighted by atomic mass is 9.95. The lowest BCUT2D eigenvalue weighted by molar-refractivity contribution is -0.120. The Balaban J connectivity index is 1.34. The molecule has 5 heteroatoms. The number of benzene rings is 2. The summed E-state index contributed by atoms with van der Waals surface area (Å²) in [5, 5.41) is 11.9. The predicted molar refractivity (Wildman–Crippen MR) is 117 cm³/mol. The minimum Gasteiger partial charge on any atom is -0.355 e. The van der Waals surface area contributed by atoms with Crippen LogP contribution in [0.4, 0.5) is 11.5 Å². The summed E-state index contributed by atoms with van der Waals surface area (Å²) in [6.07, 6.45) is 1.64. The van der Waals surface area contributed by atoms with E-state index in [1.165, 1.54) is 11.1 Å². The summed E-state index contributed by atoms with van der Waals surface area (Å²) in [4.78, 5) is 14.8. The number of aryl methyl sites for hydroxylation is 2. The van der Waals surface area contributed by atoms with E-state index in [0.717, 1.165) is 48.7 Å². The summed E-state index contributed by atoms with van der Waals surface area (Å²) < 4.78 is 0. The molecule has 1 aromatic heterocycles. The molecule has 0 aliphatic carbocycles. The molecule has 1 N–H and O–H groups in total. The van der Waals surface area contributed by atoms with Gasteiger partial charge < -0.3 is 10.2 Å². The Morgan fingerprint density at radius 1 is 0.931 bits per heavy atom. The van der Waals surface area contributed by atoms with Gasteiger partial charge in [0.1, 0.15) is 0 Å². The highest BCUT2D eigenvalue weighted by Crippen LogP contribution is 2.24. The summed E-state index contributed by atoms with van der Waals surface area (Å²) in [5.41, 5.74) is 5.21. The molecule has 0 radical (unpaired) electrons. The van der Waals surface area contributed by atoms with Gasteiger partial charge in [-0.3, -0.25) is 4.79 Å². The van der Waals surface area contributed by atoms with Crippen LogP contribution in [0.5, 0.6) is 0 Å². The van der Waals surface area contributed by atoms with Gasteiger partial charge in [0, 0.05) is 30.3 Å². The number of nitrogens with zero attached hydrogens (tertiary/aromatic N) is 3. The molecule has 1 aliphatic rings. The van der Waals surface area contributed by atoms with Crippen molar-refractivity contribution in [2.24, 2.45) is 5.92 Å². The Labute approximate surface area is 171 Å². The monoisotopic (exact) mass is 386 g/mol. The smallest absolute Gasteiger partial charge is 0.227 e. The number of carbonyl (C=O) groups is 1. The van der Waals surface area contributed by atoms with Gasteiger partial charge in [-0.05, 0) is 57.0 Å². The first-order chi connectivity index (χ1) is 14.1. The number of piperidine rings is 1. The molecule has 0 atom stereocenters. The second-order valence-electron chi connectivity index (χ2n) is 7.76. The van der Waals surface area contributed by atoms with E-state index in [1.807, 2.05) is 49.4 Å². The second-order valence-corrected chi connectivity index (χ2v) is 7.76. The zero-order chi connectivity index (χ0) is 20.2. The van der Waals surface area contributed by atoms with Crippen molar-refractivity contribution in [3.05, 3.63) is 71.8 Å². The Morgan fingerprint density at radius 2 is 1.69 bits per heavy atom. The molecule has 1 aliphatic heterocycles. The molecule has 4 rings (SSSR count). The first kappa shape index (κ1) is 19.1. The van der Waals surface area contributed by atoms with Crippen molar-refractivity contribution >= 4 is 17.4 Å². The molecule has 148 valence electrons. The number of aromatic nitrogens is 2. The van der Waals surface area contributed by atoms with Crippen LogP contribution in [0.3, 0.4) is 0 Å². The number of carbonyl (C=O) groups excluding carboxylic acids is 1. The van der Waals surface area contributed by atoms with Crippen LogP contribution >= 0.6 is 0 Å². The molecule has 3 aromatic rings. The van der Waals surface area contributed by atoms with E-state index < -0.39 is 0 Å². The van der Waals surface area contributed by atoms with Crippen molar-refractivity contribution in [1.82, 2.24) is 10.2 Å². The quantitative estimate of drug-likeness (QED) is 0.711. The van der Waals surface area contributed by atoms with E-state index in [9.17, 15) is 4.79 Å². The number of amides is 1. The molecule has 0 saturated carbocycles. The topological polar surface area (TPSA) is 58.1 Å². The highest BCUT2D eigenvalue weighted by atomic mass is 16.1. The summed E-state index contributed by atoms with van der Waals surface area (Å²) in [5.74, 6) is 1.01. The molecular formula is C24H26N4O. The van der Waals surface area contributed by atoms with E-state index in [-0.39, 0.29) is 11.8 Å². The van der Waals surface area contributed by atoms with Crippen LogP contribution in [-0.4, -0.2) is 29.2 Å². The highest BCUT2D eigenvalue weighted by molar-refractivity contribution is 5.92. The van der Waals surface area contributed by atoms with Crippen LogP contribution in [-0.2, 0) is 4.79 Å². The van der Waals surface area contributed by atoms with E-state index in [2.05, 4.69) is 45.5 Å². The minimum atomic E-state index is 0.0343. The summed E-state index contributed by atoms with van der Waals surface area (Å²) >= 11 is 0. The molecule has 0 bridgehead atoms. The molecule has 1 amide bonds. The normalized spacial score (nSPS) is 14.6. The van der Waals surface area contributed by atoms with Gasteiger partial charge in [0.25, 0.3) is 0 Å². The van der Waals surface area contributed by atoms with E-state index in [4.69, 9.17) is 0 Å². The van der Waals surface area contributed by atoms with E-state index in [0.29, 0.717) is 0 Å². The second kappa shape index (κ2) is 8.43. The molecular weight excluding hydrogens is 360 g/mol. The average Bonchev–Trinajstić information content (AvgIpc) is 2.75. The number of hydrogen-bond acceptors (Lipinski definition) is 4. The van der Waals surface area contributed by atoms with Crippen molar-refractivity contribution < 1.29 is 4.79 Å². The molecule has 1 saturated heterocycles. The average molecular weight is 386 g/mol. The van der Waals surface area contributed by atoms with Gasteiger partial charge in [0.15, 0.2) is 5.82 Å². The first-order valence-electron chi connectivity index (χ1n) is 10.1. The Kier molecular flexibility index (Phi) is 5.56. The maximum absolute atomic E-state index is 12.6. The minimum absolute atomic E-state index is 0.0343. The lowest BCUT2D eigenvalue weighted by Gasteiger charge is -2.31. The summed E-state index contributed by atoms with van der Waals surface area (Å²) in [6, 6.07) is 20.2. The summed E-state index contributed by atoms with van der Waals surface area (Å²) in [7, 11) is 0. The van der Waals surface area contributed by atoms with Crippen LogP contribution in [0.2, 0.25) is 0 Å². The molecule has 2 aromatic carbocycles. The maximum atomic E-state index is 12.6. The fraction of sp³-hybridized carbons (Fsp3) is 0.292. The fourth-order valence-electron chi connectivity index (χ4n) is 3.70. The van der Waals surface area contributed by atoms with E-state index >= 15 is 0 Å². The molecule has 0 spiro atoms. The molecule has 29 heavy (non-hydrogen) atoms. The maximum Gasteiger partial charge on any atom is 0.227 e. The third-order valence-corrected chi connectivity index (χ3v) is 5.47.